The van der Waals surface area contributed by atoms with Gasteiger partial charge in [0.05, 0.1) is 21.3 Å². The third-order valence-corrected chi connectivity index (χ3v) is 3.34. The van der Waals surface area contributed by atoms with Crippen LogP contribution in [0.2, 0.25) is 0 Å². The van der Waals surface area contributed by atoms with E-state index in [9.17, 15) is 4.79 Å². The van der Waals surface area contributed by atoms with Crippen molar-refractivity contribution in [2.75, 3.05) is 21.3 Å². The van der Waals surface area contributed by atoms with Crippen molar-refractivity contribution >= 4 is 12.0 Å². The van der Waals surface area contributed by atoms with Crippen molar-refractivity contribution in [2.24, 2.45) is 0 Å². The fraction of sp³-hybridized carbons (Fsp3) is 0.211. The highest BCUT2D eigenvalue weighted by Gasteiger charge is 2.12. The van der Waals surface area contributed by atoms with Gasteiger partial charge in [-0.1, -0.05) is 17.7 Å². The minimum Gasteiger partial charge on any atom is -0.493 e. The second-order valence-electron chi connectivity index (χ2n) is 5.03. The van der Waals surface area contributed by atoms with Crippen molar-refractivity contribution < 1.29 is 23.7 Å². The molecule has 0 amide bonds. The molecular weight excluding hydrogens is 308 g/mol. The van der Waals surface area contributed by atoms with E-state index >= 15 is 0 Å². The van der Waals surface area contributed by atoms with Crippen molar-refractivity contribution in [1.29, 1.82) is 0 Å². The Bertz CT molecular complexity index is 707. The second-order valence-corrected chi connectivity index (χ2v) is 5.03. The Hall–Kier alpha value is -2.95. The molecule has 0 saturated carbocycles. The molecule has 0 aromatic heterocycles. The van der Waals surface area contributed by atoms with Crippen molar-refractivity contribution in [3.8, 4) is 23.0 Å². The minimum absolute atomic E-state index is 0.465. The average molecular weight is 328 g/mol. The Labute approximate surface area is 141 Å². The van der Waals surface area contributed by atoms with Gasteiger partial charge in [-0.25, -0.2) is 4.79 Å². The van der Waals surface area contributed by atoms with Crippen LogP contribution in [0, 0.1) is 6.92 Å². The first-order valence-electron chi connectivity index (χ1n) is 7.34. The number of methoxy groups -OCH3 is 3. The molecule has 0 bridgehead atoms. The molecule has 2 aromatic carbocycles. The first kappa shape index (κ1) is 17.4. The summed E-state index contributed by atoms with van der Waals surface area (Å²) in [7, 11) is 4.61. The smallest absolute Gasteiger partial charge is 0.336 e. The van der Waals surface area contributed by atoms with Gasteiger partial charge in [0.2, 0.25) is 5.75 Å². The maximum Gasteiger partial charge on any atom is 0.336 e. The van der Waals surface area contributed by atoms with E-state index in [1.165, 1.54) is 27.4 Å². The molecule has 0 aliphatic heterocycles. The molecule has 0 N–H and O–H groups in total. The molecule has 126 valence electrons. The Morgan fingerprint density at radius 3 is 2.00 bits per heavy atom. The van der Waals surface area contributed by atoms with Crippen molar-refractivity contribution in [3.05, 3.63) is 53.6 Å². The number of ether oxygens (including phenoxy) is 4. The molecule has 0 aliphatic rings. The van der Waals surface area contributed by atoms with Gasteiger partial charge >= 0.3 is 5.97 Å². The number of benzene rings is 2. The zero-order valence-electron chi connectivity index (χ0n) is 14.2. The fourth-order valence-electron chi connectivity index (χ4n) is 2.12. The molecule has 0 radical (unpaired) electrons. The number of hydrogen-bond donors (Lipinski definition) is 0. The van der Waals surface area contributed by atoms with E-state index in [-0.39, 0.29) is 0 Å². The summed E-state index contributed by atoms with van der Waals surface area (Å²) in [5, 5.41) is 0. The lowest BCUT2D eigenvalue weighted by Crippen LogP contribution is -2.03. The molecule has 0 atom stereocenters. The number of aryl methyl sites for hydroxylation is 1. The average Bonchev–Trinajstić information content (AvgIpc) is 2.60. The van der Waals surface area contributed by atoms with Gasteiger partial charge in [0.25, 0.3) is 0 Å². The summed E-state index contributed by atoms with van der Waals surface area (Å²) < 4.78 is 21.1. The molecule has 5 nitrogen and oxygen atoms in total. The van der Waals surface area contributed by atoms with Crippen LogP contribution in [0.5, 0.6) is 23.0 Å². The van der Waals surface area contributed by atoms with Crippen LogP contribution >= 0.6 is 0 Å². The van der Waals surface area contributed by atoms with E-state index < -0.39 is 5.97 Å². The van der Waals surface area contributed by atoms with Crippen molar-refractivity contribution in [1.82, 2.24) is 0 Å². The molecule has 2 aromatic rings. The maximum atomic E-state index is 11.9. The highest BCUT2D eigenvalue weighted by molar-refractivity contribution is 5.89. The lowest BCUT2D eigenvalue weighted by atomic mass is 10.1. The highest BCUT2D eigenvalue weighted by atomic mass is 16.5. The standard InChI is InChI=1S/C19H20O5/c1-13-5-8-15(9-6-13)24-18(20)10-7-14-11-16(21-2)19(23-4)17(12-14)22-3/h5-12H,1-4H3/b10-7+. The van der Waals surface area contributed by atoms with Crippen molar-refractivity contribution in [3.63, 3.8) is 0 Å². The minimum atomic E-state index is -0.465. The SMILES string of the molecule is COc1cc(/C=C/C(=O)Oc2ccc(C)cc2)cc(OC)c1OC. The molecule has 0 fully saturated rings. The summed E-state index contributed by atoms with van der Waals surface area (Å²) in [4.78, 5) is 11.9. The molecule has 0 spiro atoms. The Balaban J connectivity index is 2.15. The van der Waals surface area contributed by atoms with E-state index in [2.05, 4.69) is 0 Å². The Morgan fingerprint density at radius 1 is 0.917 bits per heavy atom. The van der Waals surface area contributed by atoms with Crippen LogP contribution in [-0.2, 0) is 4.79 Å². The van der Waals surface area contributed by atoms with E-state index in [0.29, 0.717) is 23.0 Å². The van der Waals surface area contributed by atoms with Gasteiger partial charge in [0.15, 0.2) is 11.5 Å². The third kappa shape index (κ3) is 4.29. The van der Waals surface area contributed by atoms with Gasteiger partial charge in [-0.15, -0.1) is 0 Å². The van der Waals surface area contributed by atoms with E-state index in [1.807, 2.05) is 19.1 Å². The van der Waals surface area contributed by atoms with E-state index in [4.69, 9.17) is 18.9 Å². The van der Waals surface area contributed by atoms with Crippen LogP contribution in [-0.4, -0.2) is 27.3 Å². The molecule has 0 saturated heterocycles. The topological polar surface area (TPSA) is 54.0 Å². The van der Waals surface area contributed by atoms with Crippen LogP contribution in [0.15, 0.2) is 42.5 Å². The zero-order chi connectivity index (χ0) is 17.5. The normalized spacial score (nSPS) is 10.5. The molecule has 0 unspecified atom stereocenters. The number of carbonyl (C=O) groups is 1. The summed E-state index contributed by atoms with van der Waals surface area (Å²) in [5.74, 6) is 1.57. The van der Waals surface area contributed by atoms with Gasteiger partial charge in [-0.05, 0) is 42.8 Å². The summed E-state index contributed by atoms with van der Waals surface area (Å²) in [6.07, 6.45) is 2.97. The molecule has 24 heavy (non-hydrogen) atoms. The molecule has 0 aliphatic carbocycles. The third-order valence-electron chi connectivity index (χ3n) is 3.34. The number of esters is 1. The molecule has 2 rings (SSSR count). The fourth-order valence-corrected chi connectivity index (χ4v) is 2.12. The van der Waals surface area contributed by atoms with Crippen LogP contribution in [0.1, 0.15) is 11.1 Å². The summed E-state index contributed by atoms with van der Waals surface area (Å²) in [6.45, 7) is 1.97. The first-order chi connectivity index (χ1) is 11.6. The molecule has 5 heteroatoms. The highest BCUT2D eigenvalue weighted by Crippen LogP contribution is 2.38. The Kier molecular flexibility index (Phi) is 5.84. The largest absolute Gasteiger partial charge is 0.493 e. The predicted molar refractivity (Wildman–Crippen MR) is 91.9 cm³/mol. The quantitative estimate of drug-likeness (QED) is 0.460. The molecular formula is C19H20O5. The van der Waals surface area contributed by atoms with Gasteiger partial charge in [0, 0.05) is 6.08 Å². The van der Waals surface area contributed by atoms with Crippen LogP contribution in [0.4, 0.5) is 0 Å². The number of carbonyl (C=O) groups excluding carboxylic acids is 1. The summed E-state index contributed by atoms with van der Waals surface area (Å²) >= 11 is 0. The second kappa shape index (κ2) is 8.06. The van der Waals surface area contributed by atoms with Crippen molar-refractivity contribution in [2.45, 2.75) is 6.92 Å². The monoisotopic (exact) mass is 328 g/mol. The first-order valence-corrected chi connectivity index (χ1v) is 7.34. The van der Waals surface area contributed by atoms with Crippen LogP contribution < -0.4 is 18.9 Å². The Morgan fingerprint density at radius 2 is 1.50 bits per heavy atom. The lowest BCUT2D eigenvalue weighted by molar-refractivity contribution is -0.128. The van der Waals surface area contributed by atoms with Gasteiger partial charge < -0.3 is 18.9 Å². The number of hydrogen-bond acceptors (Lipinski definition) is 5. The van der Waals surface area contributed by atoms with Gasteiger partial charge in [-0.3, -0.25) is 0 Å². The summed E-state index contributed by atoms with van der Waals surface area (Å²) in [6, 6.07) is 10.8. The lowest BCUT2D eigenvalue weighted by Gasteiger charge is -2.12. The van der Waals surface area contributed by atoms with E-state index in [0.717, 1.165) is 11.1 Å². The predicted octanol–water partition coefficient (Wildman–Crippen LogP) is 3.64. The van der Waals surface area contributed by atoms with Crippen LogP contribution in [0.3, 0.4) is 0 Å². The number of rotatable bonds is 6. The summed E-state index contributed by atoms with van der Waals surface area (Å²) in [5.41, 5.74) is 1.83. The van der Waals surface area contributed by atoms with Gasteiger partial charge in [-0.2, -0.15) is 0 Å². The van der Waals surface area contributed by atoms with Crippen LogP contribution in [0.25, 0.3) is 6.08 Å². The zero-order valence-corrected chi connectivity index (χ0v) is 14.2. The maximum absolute atomic E-state index is 11.9. The van der Waals surface area contributed by atoms with E-state index in [1.54, 1.807) is 30.3 Å². The molecule has 0 heterocycles. The van der Waals surface area contributed by atoms with Gasteiger partial charge in [0.1, 0.15) is 5.75 Å².